The minimum atomic E-state index is -0.496. The maximum atomic E-state index is 11.2. The van der Waals surface area contributed by atoms with Crippen LogP contribution in [0.1, 0.15) is 19.4 Å². The van der Waals surface area contributed by atoms with Crippen molar-refractivity contribution >= 4 is 32.6 Å². The molecule has 0 aliphatic heterocycles. The van der Waals surface area contributed by atoms with Crippen molar-refractivity contribution < 1.29 is 9.59 Å². The molecule has 1 aromatic carbocycles. The van der Waals surface area contributed by atoms with Crippen LogP contribution in [0.25, 0.3) is 10.9 Å². The second-order valence-corrected chi connectivity index (χ2v) is 4.71. The highest BCUT2D eigenvalue weighted by Crippen LogP contribution is 2.20. The van der Waals surface area contributed by atoms with Crippen LogP contribution in [0.3, 0.4) is 0 Å². The zero-order valence-electron chi connectivity index (χ0n) is 11.6. The van der Waals surface area contributed by atoms with Crippen molar-refractivity contribution in [3.05, 3.63) is 36.0 Å². The number of imide groups is 1. The predicted molar refractivity (Wildman–Crippen MR) is 84.6 cm³/mol. The van der Waals surface area contributed by atoms with Crippen molar-refractivity contribution in [3.8, 4) is 0 Å². The normalized spacial score (nSPS) is 11.2. The average Bonchev–Trinajstić information content (AvgIpc) is 2.84. The number of benzene rings is 1. The highest BCUT2D eigenvalue weighted by Gasteiger charge is 2.10. The Morgan fingerprint density at radius 3 is 2.80 bits per heavy atom. The van der Waals surface area contributed by atoms with Gasteiger partial charge in [0, 0.05) is 22.9 Å². The van der Waals surface area contributed by atoms with Gasteiger partial charge in [0.15, 0.2) is 0 Å². The Hall–Kier alpha value is -1.87. The molecule has 0 saturated carbocycles. The lowest BCUT2D eigenvalue weighted by Gasteiger charge is -2.12. The van der Waals surface area contributed by atoms with Crippen molar-refractivity contribution in [1.82, 2.24) is 15.6 Å². The van der Waals surface area contributed by atoms with Crippen LogP contribution in [0.2, 0.25) is 0 Å². The Kier molecular flexibility index (Phi) is 6.74. The molecule has 0 bridgehead atoms. The van der Waals surface area contributed by atoms with Crippen molar-refractivity contribution in [2.45, 2.75) is 26.1 Å². The third-order valence-corrected chi connectivity index (χ3v) is 3.02. The van der Waals surface area contributed by atoms with Gasteiger partial charge in [0.25, 0.3) is 0 Å². The summed E-state index contributed by atoms with van der Waals surface area (Å²) in [5.41, 5.74) is 2.19. The first-order valence-corrected chi connectivity index (χ1v) is 7.18. The molecule has 0 aliphatic carbocycles. The fourth-order valence-corrected chi connectivity index (χ4v) is 2.26. The molecule has 2 rings (SSSR count). The largest absolute Gasteiger partial charge is 0.361 e. The van der Waals surface area contributed by atoms with Gasteiger partial charge in [-0.25, -0.2) is 4.79 Å². The van der Waals surface area contributed by atoms with Crippen molar-refractivity contribution in [2.24, 2.45) is 0 Å². The van der Waals surface area contributed by atoms with Crippen LogP contribution in [0.5, 0.6) is 0 Å². The first-order valence-electron chi connectivity index (χ1n) is 6.52. The van der Waals surface area contributed by atoms with E-state index in [4.69, 9.17) is 0 Å². The van der Waals surface area contributed by atoms with Gasteiger partial charge >= 0.3 is 6.03 Å². The third-order valence-electron chi connectivity index (χ3n) is 2.62. The van der Waals surface area contributed by atoms with Gasteiger partial charge in [-0.2, -0.15) is 0 Å². The SMILES string of the molecule is CC.O=CNC(=O)NC(P)Cc1c[nH]c2ccccc12. The summed E-state index contributed by atoms with van der Waals surface area (Å²) in [6.07, 6.45) is 2.96. The summed E-state index contributed by atoms with van der Waals surface area (Å²) in [4.78, 5) is 24.5. The summed E-state index contributed by atoms with van der Waals surface area (Å²) >= 11 is 0. The van der Waals surface area contributed by atoms with E-state index in [0.29, 0.717) is 12.8 Å². The van der Waals surface area contributed by atoms with E-state index in [2.05, 4.69) is 19.5 Å². The van der Waals surface area contributed by atoms with Gasteiger partial charge in [-0.3, -0.25) is 10.1 Å². The molecule has 20 heavy (non-hydrogen) atoms. The van der Waals surface area contributed by atoms with E-state index in [1.165, 1.54) is 0 Å². The van der Waals surface area contributed by atoms with E-state index in [1.54, 1.807) is 0 Å². The average molecular weight is 293 g/mol. The number of rotatable bonds is 4. The number of para-hydroxylation sites is 1. The van der Waals surface area contributed by atoms with Gasteiger partial charge in [-0.15, -0.1) is 9.24 Å². The molecule has 0 saturated heterocycles. The minimum absolute atomic E-state index is 0.135. The number of fused-ring (bicyclic) bond motifs is 1. The molecule has 5 nitrogen and oxygen atoms in total. The van der Waals surface area contributed by atoms with Gasteiger partial charge < -0.3 is 10.3 Å². The van der Waals surface area contributed by atoms with Crippen molar-refractivity contribution in [1.29, 1.82) is 0 Å². The summed E-state index contributed by atoms with van der Waals surface area (Å²) in [6, 6.07) is 7.48. The van der Waals surface area contributed by atoms with Gasteiger partial charge in [0.05, 0.1) is 0 Å². The fraction of sp³-hybridized carbons (Fsp3) is 0.286. The molecule has 108 valence electrons. The molecular weight excluding hydrogens is 273 g/mol. The molecular formula is C14H20N3O2P. The summed E-state index contributed by atoms with van der Waals surface area (Å²) in [5, 5.41) is 5.83. The molecule has 2 aromatic rings. The molecule has 1 heterocycles. The number of amides is 3. The second kappa shape index (κ2) is 8.33. The van der Waals surface area contributed by atoms with E-state index in [1.807, 2.05) is 49.6 Å². The molecule has 0 spiro atoms. The number of aromatic nitrogens is 1. The van der Waals surface area contributed by atoms with Crippen LogP contribution in [0.15, 0.2) is 30.5 Å². The molecule has 0 radical (unpaired) electrons. The lowest BCUT2D eigenvalue weighted by Crippen LogP contribution is -2.39. The number of urea groups is 1. The van der Waals surface area contributed by atoms with Gasteiger partial charge in [-0.1, -0.05) is 32.0 Å². The maximum Gasteiger partial charge on any atom is 0.321 e. The quantitative estimate of drug-likeness (QED) is 0.598. The summed E-state index contributed by atoms with van der Waals surface area (Å²) in [6.45, 7) is 4.00. The van der Waals surface area contributed by atoms with E-state index < -0.39 is 6.03 Å². The van der Waals surface area contributed by atoms with Gasteiger partial charge in [0.2, 0.25) is 6.41 Å². The molecule has 1 aromatic heterocycles. The van der Waals surface area contributed by atoms with Gasteiger partial charge in [-0.05, 0) is 18.1 Å². The number of nitrogens with one attached hydrogen (secondary N) is 3. The van der Waals surface area contributed by atoms with Crippen molar-refractivity contribution in [2.75, 3.05) is 0 Å². The number of carbonyl (C=O) groups is 2. The number of H-pyrrole nitrogens is 1. The highest BCUT2D eigenvalue weighted by molar-refractivity contribution is 7.17. The Balaban J connectivity index is 0.000000956. The van der Waals surface area contributed by atoms with Crippen LogP contribution in [-0.4, -0.2) is 23.2 Å². The maximum absolute atomic E-state index is 11.2. The van der Waals surface area contributed by atoms with Crippen molar-refractivity contribution in [3.63, 3.8) is 0 Å². The van der Waals surface area contributed by atoms with Crippen LogP contribution < -0.4 is 10.6 Å². The number of hydrogen-bond donors (Lipinski definition) is 3. The molecule has 0 aliphatic rings. The van der Waals surface area contributed by atoms with E-state index >= 15 is 0 Å². The molecule has 0 fully saturated rings. The minimum Gasteiger partial charge on any atom is -0.361 e. The monoisotopic (exact) mass is 293 g/mol. The number of aromatic amines is 1. The molecule has 2 atom stereocenters. The Bertz CT molecular complexity index is 568. The lowest BCUT2D eigenvalue weighted by atomic mass is 10.1. The van der Waals surface area contributed by atoms with E-state index in [0.717, 1.165) is 16.5 Å². The fourth-order valence-electron chi connectivity index (χ4n) is 1.85. The zero-order chi connectivity index (χ0) is 15.0. The van der Waals surface area contributed by atoms with Crippen LogP contribution in [0, 0.1) is 0 Å². The smallest absolute Gasteiger partial charge is 0.321 e. The standard InChI is InChI=1S/C12H14N3O2P.C2H6/c16-7-14-12(17)15-11(18)5-8-6-13-10-4-2-1-3-9(8)10;1-2/h1-4,6-7,11,13H,5,18H2,(H2,14,15,16,17);1-2H3. The van der Waals surface area contributed by atoms with Crippen LogP contribution in [-0.2, 0) is 11.2 Å². The topological polar surface area (TPSA) is 74.0 Å². The highest BCUT2D eigenvalue weighted by atomic mass is 31.0. The lowest BCUT2D eigenvalue weighted by molar-refractivity contribution is -0.108. The molecule has 3 amide bonds. The second-order valence-electron chi connectivity index (χ2n) is 3.91. The number of hydrogen-bond acceptors (Lipinski definition) is 2. The zero-order valence-corrected chi connectivity index (χ0v) is 12.8. The third kappa shape index (κ3) is 4.35. The molecule has 3 N–H and O–H groups in total. The summed E-state index contributed by atoms with van der Waals surface area (Å²) in [5.74, 6) is -0.135. The number of carbonyl (C=O) groups excluding carboxylic acids is 2. The predicted octanol–water partition coefficient (Wildman–Crippen LogP) is 2.39. The van der Waals surface area contributed by atoms with Gasteiger partial charge in [0.1, 0.15) is 0 Å². The molecule has 2 unspecified atom stereocenters. The molecule has 6 heteroatoms. The van der Waals surface area contributed by atoms with Crippen LogP contribution >= 0.6 is 9.24 Å². The first kappa shape index (κ1) is 16.2. The Morgan fingerprint density at radius 2 is 2.10 bits per heavy atom. The summed E-state index contributed by atoms with van der Waals surface area (Å²) < 4.78 is 0. The Labute approximate surface area is 120 Å². The first-order chi connectivity index (χ1) is 9.70. The van der Waals surface area contributed by atoms with E-state index in [-0.39, 0.29) is 5.78 Å². The Morgan fingerprint density at radius 1 is 1.40 bits per heavy atom. The summed E-state index contributed by atoms with van der Waals surface area (Å²) in [7, 11) is 2.54. The van der Waals surface area contributed by atoms with E-state index in [9.17, 15) is 9.59 Å². The van der Waals surface area contributed by atoms with Crippen LogP contribution in [0.4, 0.5) is 4.79 Å².